The van der Waals surface area contributed by atoms with Gasteiger partial charge in [-0.15, -0.1) is 12.6 Å². The van der Waals surface area contributed by atoms with E-state index in [0.29, 0.717) is 5.69 Å². The van der Waals surface area contributed by atoms with Gasteiger partial charge in [-0.3, -0.25) is 9.78 Å². The van der Waals surface area contributed by atoms with Gasteiger partial charge in [0.1, 0.15) is 5.82 Å². The number of pyridine rings is 1. The van der Waals surface area contributed by atoms with Gasteiger partial charge in [-0.1, -0.05) is 0 Å². The Hall–Kier alpha value is -1.89. The van der Waals surface area contributed by atoms with Crippen molar-refractivity contribution in [3.05, 3.63) is 50.3 Å². The molecule has 0 aliphatic heterocycles. The normalized spacial score (nSPS) is 10.7. The minimum absolute atomic E-state index is 0.108. The molecule has 0 radical (unpaired) electrons. The maximum atomic E-state index is 13.4. The summed E-state index contributed by atoms with van der Waals surface area (Å²) >= 11 is 4.02. The molecule has 2 heterocycles. The molecule has 0 spiro atoms. The Morgan fingerprint density at radius 3 is 2.67 bits per heavy atom. The van der Waals surface area contributed by atoms with Gasteiger partial charge in [0.2, 0.25) is 0 Å². The number of nitrogens with zero attached hydrogens (tertiary/aromatic N) is 2. The van der Waals surface area contributed by atoms with Crippen LogP contribution in [0.25, 0.3) is 5.69 Å². The first-order chi connectivity index (χ1) is 8.43. The number of halogens is 1. The molecule has 0 unspecified atom stereocenters. The molecule has 2 aromatic heterocycles. The van der Waals surface area contributed by atoms with Crippen LogP contribution in [-0.4, -0.2) is 14.5 Å². The highest BCUT2D eigenvalue weighted by Gasteiger charge is 2.14. The topological polar surface area (TPSA) is 67.8 Å². The van der Waals surface area contributed by atoms with E-state index in [1.54, 1.807) is 6.92 Å². The van der Waals surface area contributed by atoms with Gasteiger partial charge in [-0.05, 0) is 13.8 Å². The maximum absolute atomic E-state index is 13.4. The van der Waals surface area contributed by atoms with Crippen molar-refractivity contribution in [1.82, 2.24) is 14.5 Å². The van der Waals surface area contributed by atoms with Gasteiger partial charge >= 0.3 is 5.69 Å². The maximum Gasteiger partial charge on any atom is 0.333 e. The van der Waals surface area contributed by atoms with Gasteiger partial charge in [0.05, 0.1) is 23.0 Å². The largest absolute Gasteiger partial charge is 0.333 e. The minimum Gasteiger partial charge on any atom is -0.310 e. The summed E-state index contributed by atoms with van der Waals surface area (Å²) in [5.41, 5.74) is -0.599. The lowest BCUT2D eigenvalue weighted by Crippen LogP contribution is -2.35. The predicted octanol–water partition coefficient (Wildman–Crippen LogP) is 0.965. The molecule has 0 aliphatic rings. The van der Waals surface area contributed by atoms with E-state index in [1.165, 1.54) is 13.1 Å². The lowest BCUT2D eigenvalue weighted by atomic mass is 10.2. The van der Waals surface area contributed by atoms with E-state index in [-0.39, 0.29) is 16.1 Å². The van der Waals surface area contributed by atoms with Crippen molar-refractivity contribution >= 4 is 12.6 Å². The van der Waals surface area contributed by atoms with Crippen LogP contribution in [0.2, 0.25) is 0 Å². The molecule has 0 atom stereocenters. The van der Waals surface area contributed by atoms with Crippen LogP contribution in [0, 0.1) is 19.7 Å². The van der Waals surface area contributed by atoms with Crippen molar-refractivity contribution in [2.75, 3.05) is 0 Å². The molecule has 0 fully saturated rings. The summed E-state index contributed by atoms with van der Waals surface area (Å²) < 4.78 is 14.2. The number of nitrogens with one attached hydrogen (secondary N) is 1. The molecule has 0 bridgehead atoms. The summed E-state index contributed by atoms with van der Waals surface area (Å²) in [5, 5.41) is 0. The van der Waals surface area contributed by atoms with Gasteiger partial charge in [0, 0.05) is 11.3 Å². The van der Waals surface area contributed by atoms with Crippen molar-refractivity contribution in [2.24, 2.45) is 0 Å². The first kappa shape index (κ1) is 12.6. The molecule has 0 aliphatic carbocycles. The Balaban J connectivity index is 2.89. The SMILES string of the molecule is Cc1[nH]c(=O)n(-c2cncc(F)c2C)c(=O)c1S. The van der Waals surface area contributed by atoms with Crippen LogP contribution in [-0.2, 0) is 0 Å². The molecule has 0 aromatic carbocycles. The lowest BCUT2D eigenvalue weighted by Gasteiger charge is -2.09. The Morgan fingerprint density at radius 1 is 1.33 bits per heavy atom. The molecule has 2 rings (SSSR count). The summed E-state index contributed by atoms with van der Waals surface area (Å²) in [4.78, 5) is 30.0. The van der Waals surface area contributed by atoms with E-state index in [1.807, 2.05) is 0 Å². The number of hydrogen-bond donors (Lipinski definition) is 2. The van der Waals surface area contributed by atoms with E-state index >= 15 is 0 Å². The summed E-state index contributed by atoms with van der Waals surface area (Å²) in [5.74, 6) is -0.583. The molecule has 1 N–H and O–H groups in total. The van der Waals surface area contributed by atoms with Crippen LogP contribution in [0.3, 0.4) is 0 Å². The highest BCUT2D eigenvalue weighted by molar-refractivity contribution is 7.80. The van der Waals surface area contributed by atoms with Crippen molar-refractivity contribution in [1.29, 1.82) is 0 Å². The molecule has 2 aromatic rings. The molecular weight excluding hydrogens is 257 g/mol. The highest BCUT2D eigenvalue weighted by atomic mass is 32.1. The average molecular weight is 267 g/mol. The quantitative estimate of drug-likeness (QED) is 0.756. The van der Waals surface area contributed by atoms with Crippen molar-refractivity contribution in [3.63, 3.8) is 0 Å². The Kier molecular flexibility index (Phi) is 3.08. The minimum atomic E-state index is -0.647. The van der Waals surface area contributed by atoms with E-state index in [2.05, 4.69) is 22.6 Å². The molecule has 7 heteroatoms. The van der Waals surface area contributed by atoms with Crippen LogP contribution >= 0.6 is 12.6 Å². The summed E-state index contributed by atoms with van der Waals surface area (Å²) in [7, 11) is 0. The van der Waals surface area contributed by atoms with Gasteiger partial charge in [-0.25, -0.2) is 13.8 Å². The number of rotatable bonds is 1. The monoisotopic (exact) mass is 267 g/mol. The number of thiol groups is 1. The second-order valence-electron chi connectivity index (χ2n) is 3.81. The van der Waals surface area contributed by atoms with E-state index in [0.717, 1.165) is 10.8 Å². The molecule has 94 valence electrons. The first-order valence-corrected chi connectivity index (χ1v) is 5.53. The number of hydrogen-bond acceptors (Lipinski definition) is 4. The molecule has 18 heavy (non-hydrogen) atoms. The van der Waals surface area contributed by atoms with E-state index in [9.17, 15) is 14.0 Å². The van der Waals surface area contributed by atoms with Gasteiger partial charge in [0.25, 0.3) is 5.56 Å². The second kappa shape index (κ2) is 4.41. The van der Waals surface area contributed by atoms with Crippen molar-refractivity contribution < 1.29 is 4.39 Å². The molecular formula is C11H10FN3O2S. The van der Waals surface area contributed by atoms with Crippen LogP contribution < -0.4 is 11.2 Å². The van der Waals surface area contributed by atoms with Crippen LogP contribution in [0.5, 0.6) is 0 Å². The third-order valence-electron chi connectivity index (χ3n) is 2.63. The summed E-state index contributed by atoms with van der Waals surface area (Å²) in [6.45, 7) is 3.03. The Bertz CT molecular complexity index is 736. The van der Waals surface area contributed by atoms with Crippen molar-refractivity contribution in [2.45, 2.75) is 18.7 Å². The van der Waals surface area contributed by atoms with Gasteiger partial charge in [-0.2, -0.15) is 0 Å². The number of aromatic nitrogens is 3. The fraction of sp³-hybridized carbons (Fsp3) is 0.182. The molecule has 0 saturated heterocycles. The fourth-order valence-corrected chi connectivity index (χ4v) is 1.72. The summed E-state index contributed by atoms with van der Waals surface area (Å²) in [6.07, 6.45) is 2.28. The van der Waals surface area contributed by atoms with E-state index < -0.39 is 17.1 Å². The van der Waals surface area contributed by atoms with Crippen LogP contribution in [0.1, 0.15) is 11.3 Å². The van der Waals surface area contributed by atoms with Gasteiger partial charge in [0.15, 0.2) is 0 Å². The first-order valence-electron chi connectivity index (χ1n) is 5.09. The molecule has 5 nitrogen and oxygen atoms in total. The number of H-pyrrole nitrogens is 1. The van der Waals surface area contributed by atoms with Gasteiger partial charge < -0.3 is 4.98 Å². The Labute approximate surface area is 107 Å². The van der Waals surface area contributed by atoms with E-state index in [4.69, 9.17) is 0 Å². The second-order valence-corrected chi connectivity index (χ2v) is 4.26. The zero-order chi connectivity index (χ0) is 13.4. The third kappa shape index (κ3) is 1.86. The fourth-order valence-electron chi connectivity index (χ4n) is 1.57. The Morgan fingerprint density at radius 2 is 2.00 bits per heavy atom. The highest BCUT2D eigenvalue weighted by Crippen LogP contribution is 2.13. The zero-order valence-electron chi connectivity index (χ0n) is 9.69. The third-order valence-corrected chi connectivity index (χ3v) is 3.15. The average Bonchev–Trinajstić information content (AvgIpc) is 2.32. The lowest BCUT2D eigenvalue weighted by molar-refractivity contribution is 0.608. The standard InChI is InChI=1S/C11H10FN3O2S/c1-5-7(12)3-13-4-8(5)15-10(16)9(18)6(2)14-11(15)17/h3-4,18H,1-2H3,(H,14,17). The number of aryl methyl sites for hydroxylation is 1. The van der Waals surface area contributed by atoms with Crippen LogP contribution in [0.15, 0.2) is 26.9 Å². The number of aromatic amines is 1. The van der Waals surface area contributed by atoms with Crippen molar-refractivity contribution in [3.8, 4) is 5.69 Å². The predicted molar refractivity (Wildman–Crippen MR) is 67.1 cm³/mol. The summed E-state index contributed by atoms with van der Waals surface area (Å²) in [6, 6.07) is 0. The molecule has 0 saturated carbocycles. The van der Waals surface area contributed by atoms with Crippen LogP contribution in [0.4, 0.5) is 4.39 Å². The smallest absolute Gasteiger partial charge is 0.310 e. The zero-order valence-corrected chi connectivity index (χ0v) is 10.6. The molecule has 0 amide bonds.